The Morgan fingerprint density at radius 1 is 1.43 bits per heavy atom. The molecule has 0 aliphatic heterocycles. The average molecular weight is 278 g/mol. The topological polar surface area (TPSA) is 73.9 Å². The van der Waals surface area contributed by atoms with Crippen LogP contribution in [0.25, 0.3) is 16.9 Å². The number of fused-ring (bicyclic) bond motifs is 1. The van der Waals surface area contributed by atoms with Crippen molar-refractivity contribution >= 4 is 5.65 Å². The Kier molecular flexibility index (Phi) is 3.07. The Morgan fingerprint density at radius 2 is 2.24 bits per heavy atom. The maximum Gasteiger partial charge on any atom is 0.278 e. The van der Waals surface area contributed by atoms with E-state index in [-0.39, 0.29) is 5.56 Å². The summed E-state index contributed by atoms with van der Waals surface area (Å²) in [5, 5.41) is 13.1. The van der Waals surface area contributed by atoms with Gasteiger partial charge in [-0.05, 0) is 25.0 Å². The first-order chi connectivity index (χ1) is 10.2. The van der Waals surface area contributed by atoms with E-state index in [1.165, 1.54) is 10.7 Å². The van der Waals surface area contributed by atoms with Gasteiger partial charge in [0.2, 0.25) is 0 Å². The SMILES string of the molecule is CCc1c(-c2cccc(C)c2)[nH]c2c(C#N)cnn2c1=O. The molecule has 0 amide bonds. The Morgan fingerprint density at radius 3 is 2.90 bits per heavy atom. The second kappa shape index (κ2) is 4.91. The van der Waals surface area contributed by atoms with E-state index in [2.05, 4.69) is 16.2 Å². The highest BCUT2D eigenvalue weighted by atomic mass is 16.1. The van der Waals surface area contributed by atoms with Crippen molar-refractivity contribution in [1.29, 1.82) is 5.26 Å². The number of hydrogen-bond acceptors (Lipinski definition) is 3. The molecule has 0 unspecified atom stereocenters. The van der Waals surface area contributed by atoms with Gasteiger partial charge < -0.3 is 4.98 Å². The molecule has 0 spiro atoms. The molecule has 2 heterocycles. The first kappa shape index (κ1) is 13.1. The third kappa shape index (κ3) is 2.01. The number of rotatable bonds is 2. The van der Waals surface area contributed by atoms with Crippen LogP contribution in [-0.4, -0.2) is 14.6 Å². The fraction of sp³-hybridized carbons (Fsp3) is 0.188. The Bertz CT molecular complexity index is 928. The van der Waals surface area contributed by atoms with E-state index in [1.54, 1.807) is 0 Å². The molecule has 5 heteroatoms. The summed E-state index contributed by atoms with van der Waals surface area (Å²) in [5.74, 6) is 0. The molecule has 1 aromatic carbocycles. The Hall–Kier alpha value is -2.87. The number of aromatic nitrogens is 3. The summed E-state index contributed by atoms with van der Waals surface area (Å²) in [4.78, 5) is 15.7. The van der Waals surface area contributed by atoms with Crippen LogP contribution < -0.4 is 5.56 Å². The highest BCUT2D eigenvalue weighted by Gasteiger charge is 2.15. The van der Waals surface area contributed by atoms with Gasteiger partial charge in [0.25, 0.3) is 5.56 Å². The van der Waals surface area contributed by atoms with Crippen LogP contribution in [0.2, 0.25) is 0 Å². The maximum atomic E-state index is 12.5. The van der Waals surface area contributed by atoms with Gasteiger partial charge in [-0.25, -0.2) is 0 Å². The van der Waals surface area contributed by atoms with Crippen molar-refractivity contribution in [1.82, 2.24) is 14.6 Å². The highest BCUT2D eigenvalue weighted by Crippen LogP contribution is 2.22. The minimum absolute atomic E-state index is 0.177. The quantitative estimate of drug-likeness (QED) is 0.782. The molecule has 3 rings (SSSR count). The van der Waals surface area contributed by atoms with Crippen molar-refractivity contribution in [2.24, 2.45) is 0 Å². The lowest BCUT2D eigenvalue weighted by molar-refractivity contribution is 0.870. The van der Waals surface area contributed by atoms with Crippen LogP contribution in [-0.2, 0) is 6.42 Å². The summed E-state index contributed by atoms with van der Waals surface area (Å²) in [6, 6.07) is 9.98. The van der Waals surface area contributed by atoms with Crippen molar-refractivity contribution in [3.63, 3.8) is 0 Å². The number of aromatic amines is 1. The number of nitrogens with one attached hydrogen (secondary N) is 1. The molecule has 0 aliphatic rings. The molecule has 0 atom stereocenters. The van der Waals surface area contributed by atoms with Crippen LogP contribution in [0.3, 0.4) is 0 Å². The summed E-state index contributed by atoms with van der Waals surface area (Å²) >= 11 is 0. The van der Waals surface area contributed by atoms with E-state index in [0.717, 1.165) is 16.8 Å². The molecule has 2 aromatic heterocycles. The Balaban J connectivity index is 2.41. The van der Waals surface area contributed by atoms with Gasteiger partial charge in [0.15, 0.2) is 5.65 Å². The predicted molar refractivity (Wildman–Crippen MR) is 80.1 cm³/mol. The lowest BCUT2D eigenvalue weighted by Crippen LogP contribution is -2.21. The van der Waals surface area contributed by atoms with E-state index in [4.69, 9.17) is 5.26 Å². The largest absolute Gasteiger partial charge is 0.338 e. The highest BCUT2D eigenvalue weighted by molar-refractivity contribution is 5.68. The molecule has 0 saturated carbocycles. The molecule has 1 N–H and O–H groups in total. The van der Waals surface area contributed by atoms with Crippen LogP contribution in [0.1, 0.15) is 23.6 Å². The van der Waals surface area contributed by atoms with Crippen molar-refractivity contribution in [2.45, 2.75) is 20.3 Å². The van der Waals surface area contributed by atoms with Gasteiger partial charge in [0, 0.05) is 5.56 Å². The number of H-pyrrole nitrogens is 1. The van der Waals surface area contributed by atoms with Crippen molar-refractivity contribution < 1.29 is 0 Å². The van der Waals surface area contributed by atoms with Crippen LogP contribution in [0.15, 0.2) is 35.3 Å². The summed E-state index contributed by atoms with van der Waals surface area (Å²) < 4.78 is 1.26. The van der Waals surface area contributed by atoms with Crippen LogP contribution in [0, 0.1) is 18.3 Å². The first-order valence-electron chi connectivity index (χ1n) is 6.75. The summed E-state index contributed by atoms with van der Waals surface area (Å²) in [6.07, 6.45) is 2.00. The Labute approximate surface area is 121 Å². The van der Waals surface area contributed by atoms with E-state index >= 15 is 0 Å². The first-order valence-corrected chi connectivity index (χ1v) is 6.75. The molecule has 0 fully saturated rings. The van der Waals surface area contributed by atoms with Gasteiger partial charge in [0.1, 0.15) is 11.6 Å². The molecule has 0 radical (unpaired) electrons. The molecular formula is C16H14N4O. The number of nitrogens with zero attached hydrogens (tertiary/aromatic N) is 3. The molecule has 0 bridgehead atoms. The average Bonchev–Trinajstić information content (AvgIpc) is 2.90. The minimum Gasteiger partial charge on any atom is -0.338 e. The zero-order valence-electron chi connectivity index (χ0n) is 11.8. The van der Waals surface area contributed by atoms with Crippen molar-refractivity contribution in [3.05, 3.63) is 57.5 Å². The third-order valence-corrected chi connectivity index (χ3v) is 3.55. The lowest BCUT2D eigenvalue weighted by atomic mass is 10.0. The zero-order valence-corrected chi connectivity index (χ0v) is 11.8. The number of aryl methyl sites for hydroxylation is 1. The second-order valence-corrected chi connectivity index (χ2v) is 4.94. The van der Waals surface area contributed by atoms with Crippen molar-refractivity contribution in [2.75, 3.05) is 0 Å². The summed E-state index contributed by atoms with van der Waals surface area (Å²) in [7, 11) is 0. The maximum absolute atomic E-state index is 12.5. The third-order valence-electron chi connectivity index (χ3n) is 3.55. The normalized spacial score (nSPS) is 10.7. The standard InChI is InChI=1S/C16H14N4O/c1-3-13-14(11-6-4-5-10(2)7-11)19-15-12(8-17)9-18-20(15)16(13)21/h4-7,9,19H,3H2,1-2H3. The molecular weight excluding hydrogens is 264 g/mol. The smallest absolute Gasteiger partial charge is 0.278 e. The fourth-order valence-electron chi connectivity index (χ4n) is 2.51. The molecule has 21 heavy (non-hydrogen) atoms. The molecule has 0 saturated heterocycles. The lowest BCUT2D eigenvalue weighted by Gasteiger charge is -2.09. The van der Waals surface area contributed by atoms with Gasteiger partial charge in [-0.1, -0.05) is 30.7 Å². The fourth-order valence-corrected chi connectivity index (χ4v) is 2.51. The predicted octanol–water partition coefficient (Wildman–Crippen LogP) is 2.43. The number of hydrogen-bond donors (Lipinski definition) is 1. The second-order valence-electron chi connectivity index (χ2n) is 4.94. The van der Waals surface area contributed by atoms with E-state index in [0.29, 0.717) is 23.2 Å². The van der Waals surface area contributed by atoms with Crippen LogP contribution in [0.4, 0.5) is 0 Å². The van der Waals surface area contributed by atoms with E-state index in [1.807, 2.05) is 38.1 Å². The summed E-state index contributed by atoms with van der Waals surface area (Å²) in [6.45, 7) is 3.94. The number of benzene rings is 1. The molecule has 104 valence electrons. The molecule has 0 aliphatic carbocycles. The van der Waals surface area contributed by atoms with Crippen LogP contribution >= 0.6 is 0 Å². The zero-order chi connectivity index (χ0) is 15.0. The van der Waals surface area contributed by atoms with E-state index in [9.17, 15) is 4.79 Å². The number of nitriles is 1. The minimum atomic E-state index is -0.177. The summed E-state index contributed by atoms with van der Waals surface area (Å²) in [5.41, 5.74) is 4.11. The monoisotopic (exact) mass is 278 g/mol. The van der Waals surface area contributed by atoms with Crippen LogP contribution in [0.5, 0.6) is 0 Å². The van der Waals surface area contributed by atoms with Gasteiger partial charge in [-0.15, -0.1) is 0 Å². The van der Waals surface area contributed by atoms with Gasteiger partial charge in [-0.2, -0.15) is 14.9 Å². The van der Waals surface area contributed by atoms with Gasteiger partial charge in [-0.3, -0.25) is 4.79 Å². The van der Waals surface area contributed by atoms with Gasteiger partial charge >= 0.3 is 0 Å². The van der Waals surface area contributed by atoms with Gasteiger partial charge in [0.05, 0.1) is 11.9 Å². The molecule has 5 nitrogen and oxygen atoms in total. The molecule has 3 aromatic rings. The van der Waals surface area contributed by atoms with Crippen molar-refractivity contribution in [3.8, 4) is 17.3 Å². The van der Waals surface area contributed by atoms with E-state index < -0.39 is 0 Å².